The zero-order chi connectivity index (χ0) is 21.8. The average molecular weight is 463 g/mol. The Morgan fingerprint density at radius 3 is 2.45 bits per heavy atom. The highest BCUT2D eigenvalue weighted by Crippen LogP contribution is 2.34. The van der Waals surface area contributed by atoms with Gasteiger partial charge >= 0.3 is 0 Å². The first kappa shape index (κ1) is 22.0. The predicted octanol–water partition coefficient (Wildman–Crippen LogP) is 4.26. The SMILES string of the molecule is O=C(COc1ccc(S(=O)(=O)N2CCCc3ccccc32)cc1Cl)N1CCCCCC1. The Bertz CT molecular complexity index is 1050. The van der Waals surface area contributed by atoms with Crippen molar-refractivity contribution in [2.24, 2.45) is 0 Å². The molecule has 166 valence electrons. The lowest BCUT2D eigenvalue weighted by atomic mass is 10.0. The van der Waals surface area contributed by atoms with Crippen LogP contribution in [0.1, 0.15) is 37.7 Å². The molecule has 0 saturated carbocycles. The molecule has 0 aromatic heterocycles. The molecule has 1 amide bonds. The van der Waals surface area contributed by atoms with E-state index < -0.39 is 10.0 Å². The number of rotatable bonds is 5. The van der Waals surface area contributed by atoms with Crippen molar-refractivity contribution < 1.29 is 17.9 Å². The summed E-state index contributed by atoms with van der Waals surface area (Å²) in [6.07, 6.45) is 5.95. The quantitative estimate of drug-likeness (QED) is 0.665. The van der Waals surface area contributed by atoms with Gasteiger partial charge < -0.3 is 9.64 Å². The first-order chi connectivity index (χ1) is 15.0. The van der Waals surface area contributed by atoms with Gasteiger partial charge in [0.25, 0.3) is 15.9 Å². The van der Waals surface area contributed by atoms with Crippen molar-refractivity contribution in [3.63, 3.8) is 0 Å². The van der Waals surface area contributed by atoms with Crippen molar-refractivity contribution in [2.75, 3.05) is 30.5 Å². The Balaban J connectivity index is 1.48. The normalized spacial score (nSPS) is 17.1. The van der Waals surface area contributed by atoms with Crippen LogP contribution in [0.5, 0.6) is 5.75 Å². The van der Waals surface area contributed by atoms with Gasteiger partial charge in [-0.1, -0.05) is 42.6 Å². The van der Waals surface area contributed by atoms with Gasteiger partial charge in [0.05, 0.1) is 15.6 Å². The van der Waals surface area contributed by atoms with Gasteiger partial charge in [-0.2, -0.15) is 0 Å². The third-order valence-corrected chi connectivity index (χ3v) is 7.97. The molecule has 1 saturated heterocycles. The monoisotopic (exact) mass is 462 g/mol. The van der Waals surface area contributed by atoms with Gasteiger partial charge in [0.2, 0.25) is 0 Å². The first-order valence-electron chi connectivity index (χ1n) is 10.8. The van der Waals surface area contributed by atoms with E-state index in [0.717, 1.165) is 57.2 Å². The molecule has 8 heteroatoms. The Kier molecular flexibility index (Phi) is 6.72. The van der Waals surface area contributed by atoms with E-state index in [0.29, 0.717) is 18.0 Å². The Morgan fingerprint density at radius 1 is 0.968 bits per heavy atom. The molecule has 2 aromatic rings. The topological polar surface area (TPSA) is 66.9 Å². The number of anilines is 1. The van der Waals surface area contributed by atoms with E-state index in [4.69, 9.17) is 16.3 Å². The molecular formula is C23H27ClN2O4S. The van der Waals surface area contributed by atoms with Crippen LogP contribution >= 0.6 is 11.6 Å². The van der Waals surface area contributed by atoms with E-state index in [1.807, 2.05) is 29.2 Å². The number of carbonyl (C=O) groups is 1. The third-order valence-electron chi connectivity index (χ3n) is 5.87. The van der Waals surface area contributed by atoms with Crippen LogP contribution in [-0.2, 0) is 21.2 Å². The van der Waals surface area contributed by atoms with Crippen LogP contribution in [-0.4, -0.2) is 45.5 Å². The second kappa shape index (κ2) is 9.49. The molecule has 0 N–H and O–H groups in total. The van der Waals surface area contributed by atoms with Crippen molar-refractivity contribution in [1.82, 2.24) is 4.90 Å². The molecular weight excluding hydrogens is 436 g/mol. The summed E-state index contributed by atoms with van der Waals surface area (Å²) in [6.45, 7) is 1.83. The molecule has 0 bridgehead atoms. The summed E-state index contributed by atoms with van der Waals surface area (Å²) in [7, 11) is -3.75. The lowest BCUT2D eigenvalue weighted by molar-refractivity contribution is -0.133. The lowest BCUT2D eigenvalue weighted by Crippen LogP contribution is -2.35. The molecule has 0 spiro atoms. The van der Waals surface area contributed by atoms with Gasteiger partial charge in [0, 0.05) is 19.6 Å². The zero-order valence-corrected chi connectivity index (χ0v) is 19.0. The molecule has 0 aliphatic carbocycles. The lowest BCUT2D eigenvalue weighted by Gasteiger charge is -2.30. The van der Waals surface area contributed by atoms with Crippen molar-refractivity contribution >= 4 is 33.2 Å². The van der Waals surface area contributed by atoms with Crippen LogP contribution in [0.25, 0.3) is 0 Å². The standard InChI is InChI=1S/C23H27ClN2O4S/c24-20-16-19(31(28,29)26-15-7-9-18-8-3-4-10-21(18)26)11-12-22(20)30-17-23(27)25-13-5-1-2-6-14-25/h3-4,8,10-12,16H,1-2,5-7,9,13-15,17H2. The van der Waals surface area contributed by atoms with E-state index >= 15 is 0 Å². The molecule has 1 fully saturated rings. The van der Waals surface area contributed by atoms with Gasteiger partial charge in [-0.3, -0.25) is 9.10 Å². The minimum absolute atomic E-state index is 0.0698. The van der Waals surface area contributed by atoms with Gasteiger partial charge in [-0.05, 0) is 55.5 Å². The number of amides is 1. The van der Waals surface area contributed by atoms with Crippen LogP contribution < -0.4 is 9.04 Å². The fourth-order valence-electron chi connectivity index (χ4n) is 4.19. The molecule has 0 unspecified atom stereocenters. The number of likely N-dealkylation sites (tertiary alicyclic amines) is 1. The van der Waals surface area contributed by atoms with E-state index in [1.165, 1.54) is 22.5 Å². The maximum atomic E-state index is 13.3. The fraction of sp³-hybridized carbons (Fsp3) is 0.435. The van der Waals surface area contributed by atoms with Crippen molar-refractivity contribution in [3.05, 3.63) is 53.1 Å². The van der Waals surface area contributed by atoms with Crippen molar-refractivity contribution in [3.8, 4) is 5.75 Å². The minimum atomic E-state index is -3.75. The van der Waals surface area contributed by atoms with Crippen LogP contribution in [0.4, 0.5) is 5.69 Å². The van der Waals surface area contributed by atoms with Crippen molar-refractivity contribution in [1.29, 1.82) is 0 Å². The predicted molar refractivity (Wildman–Crippen MR) is 121 cm³/mol. The Hall–Kier alpha value is -2.25. The maximum Gasteiger partial charge on any atom is 0.264 e. The summed E-state index contributed by atoms with van der Waals surface area (Å²) >= 11 is 6.34. The second-order valence-corrected chi connectivity index (χ2v) is 10.3. The van der Waals surface area contributed by atoms with Crippen molar-refractivity contribution in [2.45, 2.75) is 43.4 Å². The maximum absolute atomic E-state index is 13.3. The van der Waals surface area contributed by atoms with Crippen LogP contribution in [0.15, 0.2) is 47.4 Å². The number of ether oxygens (including phenoxy) is 1. The van der Waals surface area contributed by atoms with E-state index in [1.54, 1.807) is 0 Å². The number of benzene rings is 2. The number of para-hydroxylation sites is 1. The summed E-state index contributed by atoms with van der Waals surface area (Å²) in [4.78, 5) is 14.4. The number of halogens is 1. The highest BCUT2D eigenvalue weighted by molar-refractivity contribution is 7.92. The largest absolute Gasteiger partial charge is 0.482 e. The van der Waals surface area contributed by atoms with Crippen LogP contribution in [0.3, 0.4) is 0 Å². The number of aryl methyl sites for hydroxylation is 1. The molecule has 2 heterocycles. The fourth-order valence-corrected chi connectivity index (χ4v) is 6.05. The number of hydrogen-bond acceptors (Lipinski definition) is 4. The number of hydrogen-bond donors (Lipinski definition) is 0. The number of fused-ring (bicyclic) bond motifs is 1. The second-order valence-electron chi connectivity index (χ2n) is 7.99. The molecule has 2 aliphatic rings. The molecule has 4 rings (SSSR count). The summed E-state index contributed by atoms with van der Waals surface area (Å²) in [5, 5.41) is 0.176. The summed E-state index contributed by atoms with van der Waals surface area (Å²) in [5.74, 6) is 0.238. The summed E-state index contributed by atoms with van der Waals surface area (Å²) < 4.78 is 33.6. The van der Waals surface area contributed by atoms with Gasteiger partial charge in [0.15, 0.2) is 6.61 Å². The molecule has 6 nitrogen and oxygen atoms in total. The van der Waals surface area contributed by atoms with E-state index in [2.05, 4.69) is 0 Å². The Labute approximate surface area is 188 Å². The first-order valence-corrected chi connectivity index (χ1v) is 12.6. The van der Waals surface area contributed by atoms with Crippen LogP contribution in [0, 0.1) is 0 Å². The number of nitrogens with zero attached hydrogens (tertiary/aromatic N) is 2. The molecule has 2 aromatic carbocycles. The average Bonchev–Trinajstić information content (AvgIpc) is 3.07. The summed E-state index contributed by atoms with van der Waals surface area (Å²) in [5.41, 5.74) is 1.74. The highest BCUT2D eigenvalue weighted by Gasteiger charge is 2.29. The number of sulfonamides is 1. The number of carbonyl (C=O) groups excluding carboxylic acids is 1. The van der Waals surface area contributed by atoms with Gasteiger partial charge in [-0.25, -0.2) is 8.42 Å². The summed E-state index contributed by atoms with van der Waals surface area (Å²) in [6, 6.07) is 12.0. The highest BCUT2D eigenvalue weighted by atomic mass is 35.5. The molecule has 2 aliphatic heterocycles. The zero-order valence-electron chi connectivity index (χ0n) is 17.4. The smallest absolute Gasteiger partial charge is 0.264 e. The Morgan fingerprint density at radius 2 is 1.71 bits per heavy atom. The molecule has 0 radical (unpaired) electrons. The minimum Gasteiger partial charge on any atom is -0.482 e. The van der Waals surface area contributed by atoms with E-state index in [9.17, 15) is 13.2 Å². The van der Waals surface area contributed by atoms with E-state index in [-0.39, 0.29) is 22.4 Å². The van der Waals surface area contributed by atoms with Crippen LogP contribution in [0.2, 0.25) is 5.02 Å². The molecule has 0 atom stereocenters. The van der Waals surface area contributed by atoms with Gasteiger partial charge in [-0.15, -0.1) is 0 Å². The third kappa shape index (κ3) is 4.83. The van der Waals surface area contributed by atoms with Gasteiger partial charge in [0.1, 0.15) is 5.75 Å². The molecule has 31 heavy (non-hydrogen) atoms.